The summed E-state index contributed by atoms with van der Waals surface area (Å²) >= 11 is 0. The first-order valence-corrected chi connectivity index (χ1v) is 7.21. The van der Waals surface area contributed by atoms with E-state index in [1.54, 1.807) is 24.3 Å². The Morgan fingerprint density at radius 2 is 1.74 bits per heavy atom. The van der Waals surface area contributed by atoms with Gasteiger partial charge in [-0.3, -0.25) is 4.79 Å². The van der Waals surface area contributed by atoms with Gasteiger partial charge in [0, 0.05) is 12.0 Å². The zero-order valence-corrected chi connectivity index (χ0v) is 12.3. The van der Waals surface area contributed by atoms with Crippen molar-refractivity contribution in [3.8, 4) is 17.2 Å². The van der Waals surface area contributed by atoms with E-state index in [1.807, 2.05) is 0 Å². The smallest absolute Gasteiger partial charge is 0.247 e. The Balaban J connectivity index is 1.74. The Kier molecular flexibility index (Phi) is 3.89. The van der Waals surface area contributed by atoms with Crippen molar-refractivity contribution in [3.63, 3.8) is 0 Å². The number of benzene rings is 2. The molecule has 0 radical (unpaired) electrons. The van der Waals surface area contributed by atoms with E-state index in [2.05, 4.69) is 5.10 Å². The lowest BCUT2D eigenvalue weighted by Gasteiger charge is -2.12. The third-order valence-corrected chi connectivity index (χ3v) is 3.70. The molecule has 1 aliphatic rings. The van der Waals surface area contributed by atoms with E-state index in [4.69, 9.17) is 0 Å². The second-order valence-electron chi connectivity index (χ2n) is 5.35. The molecule has 0 aliphatic carbocycles. The zero-order chi connectivity index (χ0) is 16.4. The van der Waals surface area contributed by atoms with Crippen LogP contribution in [0.15, 0.2) is 47.6 Å². The molecule has 0 aromatic heterocycles. The maximum Gasteiger partial charge on any atom is 0.247 e. The Morgan fingerprint density at radius 1 is 1.04 bits per heavy atom. The summed E-state index contributed by atoms with van der Waals surface area (Å²) in [5.74, 6) is -0.0993. The molecule has 1 amide bonds. The fourth-order valence-corrected chi connectivity index (χ4v) is 2.46. The summed E-state index contributed by atoms with van der Waals surface area (Å²) in [4.78, 5) is 12.3. The number of aromatic hydroxyl groups is 3. The second-order valence-corrected chi connectivity index (χ2v) is 5.35. The molecule has 118 valence electrons. The minimum atomic E-state index is -0.250. The predicted molar refractivity (Wildman–Crippen MR) is 84.4 cm³/mol. The maximum atomic E-state index is 12.3. The Labute approximate surface area is 132 Å². The molecule has 0 atom stereocenters. The van der Waals surface area contributed by atoms with Crippen molar-refractivity contribution in [2.24, 2.45) is 5.10 Å². The standard InChI is InChI=1S/C17H16N2O4/c20-13-3-1-11(2-4-13)15-7-8-19(18-15)17(23)10-12-9-14(21)5-6-16(12)22/h1-6,9,20-22H,7-8,10H2. The number of hydrazone groups is 1. The van der Waals surface area contributed by atoms with E-state index in [0.717, 1.165) is 11.3 Å². The fraction of sp³-hybridized carbons (Fsp3) is 0.176. The summed E-state index contributed by atoms with van der Waals surface area (Å²) in [6, 6.07) is 10.7. The molecule has 3 rings (SSSR count). The van der Waals surface area contributed by atoms with Crippen molar-refractivity contribution in [1.29, 1.82) is 0 Å². The monoisotopic (exact) mass is 312 g/mol. The van der Waals surface area contributed by atoms with E-state index < -0.39 is 0 Å². The van der Waals surface area contributed by atoms with Crippen LogP contribution in [-0.2, 0) is 11.2 Å². The number of phenols is 3. The number of hydrogen-bond donors (Lipinski definition) is 3. The van der Waals surface area contributed by atoms with Crippen LogP contribution >= 0.6 is 0 Å². The van der Waals surface area contributed by atoms with Crippen molar-refractivity contribution >= 4 is 11.6 Å². The van der Waals surface area contributed by atoms with E-state index in [9.17, 15) is 20.1 Å². The Hall–Kier alpha value is -3.02. The summed E-state index contributed by atoms with van der Waals surface area (Å²) in [6.45, 7) is 0.467. The molecule has 0 fully saturated rings. The number of amides is 1. The van der Waals surface area contributed by atoms with Gasteiger partial charge in [0.15, 0.2) is 0 Å². The summed E-state index contributed by atoms with van der Waals surface area (Å²) in [5.41, 5.74) is 2.00. The van der Waals surface area contributed by atoms with E-state index in [0.29, 0.717) is 18.5 Å². The minimum absolute atomic E-state index is 0.000283. The Bertz CT molecular complexity index is 769. The lowest BCUT2D eigenvalue weighted by atomic mass is 10.1. The average Bonchev–Trinajstić information content (AvgIpc) is 3.02. The lowest BCUT2D eigenvalue weighted by molar-refractivity contribution is -0.130. The van der Waals surface area contributed by atoms with Crippen LogP contribution in [0.25, 0.3) is 0 Å². The molecule has 6 nitrogen and oxygen atoms in total. The maximum absolute atomic E-state index is 12.3. The first-order chi connectivity index (χ1) is 11.0. The van der Waals surface area contributed by atoms with Crippen molar-refractivity contribution in [3.05, 3.63) is 53.6 Å². The van der Waals surface area contributed by atoms with E-state index in [1.165, 1.54) is 23.2 Å². The molecule has 0 saturated heterocycles. The number of nitrogens with zero attached hydrogens (tertiary/aromatic N) is 2. The number of carbonyl (C=O) groups is 1. The van der Waals surface area contributed by atoms with Crippen LogP contribution in [0.5, 0.6) is 17.2 Å². The molecule has 23 heavy (non-hydrogen) atoms. The van der Waals surface area contributed by atoms with Crippen LogP contribution in [0, 0.1) is 0 Å². The molecule has 0 bridgehead atoms. The molecule has 1 aliphatic heterocycles. The Morgan fingerprint density at radius 3 is 2.48 bits per heavy atom. The molecule has 0 spiro atoms. The van der Waals surface area contributed by atoms with Gasteiger partial charge in [-0.1, -0.05) is 0 Å². The van der Waals surface area contributed by atoms with E-state index in [-0.39, 0.29) is 29.6 Å². The van der Waals surface area contributed by atoms with Crippen molar-refractivity contribution in [2.45, 2.75) is 12.8 Å². The van der Waals surface area contributed by atoms with Crippen molar-refractivity contribution < 1.29 is 20.1 Å². The molecular weight excluding hydrogens is 296 g/mol. The summed E-state index contributed by atoms with van der Waals surface area (Å²) in [6.07, 6.45) is 0.592. The van der Waals surface area contributed by atoms with Gasteiger partial charge < -0.3 is 15.3 Å². The van der Waals surface area contributed by atoms with Gasteiger partial charge in [0.1, 0.15) is 17.2 Å². The molecule has 0 unspecified atom stereocenters. The molecule has 2 aromatic rings. The van der Waals surface area contributed by atoms with Crippen LogP contribution in [0.1, 0.15) is 17.5 Å². The van der Waals surface area contributed by atoms with Gasteiger partial charge in [0.2, 0.25) is 5.91 Å². The van der Waals surface area contributed by atoms with Gasteiger partial charge >= 0.3 is 0 Å². The minimum Gasteiger partial charge on any atom is -0.508 e. The van der Waals surface area contributed by atoms with Crippen molar-refractivity contribution in [2.75, 3.05) is 6.54 Å². The first-order valence-electron chi connectivity index (χ1n) is 7.21. The highest BCUT2D eigenvalue weighted by molar-refractivity contribution is 6.02. The highest BCUT2D eigenvalue weighted by Gasteiger charge is 2.22. The predicted octanol–water partition coefficient (Wildman–Crippen LogP) is 1.98. The highest BCUT2D eigenvalue weighted by atomic mass is 16.3. The molecule has 1 heterocycles. The van der Waals surface area contributed by atoms with Crippen molar-refractivity contribution in [1.82, 2.24) is 5.01 Å². The molecule has 2 aromatic carbocycles. The van der Waals surface area contributed by atoms with Crippen LogP contribution in [0.4, 0.5) is 0 Å². The molecule has 6 heteroatoms. The number of hydrogen-bond acceptors (Lipinski definition) is 5. The summed E-state index contributed by atoms with van der Waals surface area (Å²) in [5, 5.41) is 34.2. The number of carbonyl (C=O) groups excluding carboxylic acids is 1. The zero-order valence-electron chi connectivity index (χ0n) is 12.3. The SMILES string of the molecule is O=C(Cc1cc(O)ccc1O)N1CCC(c2ccc(O)cc2)=N1. The highest BCUT2D eigenvalue weighted by Crippen LogP contribution is 2.24. The van der Waals surface area contributed by atoms with E-state index >= 15 is 0 Å². The van der Waals surface area contributed by atoms with Crippen LogP contribution in [0.3, 0.4) is 0 Å². The first kappa shape index (κ1) is 14.9. The molecule has 0 saturated carbocycles. The quantitative estimate of drug-likeness (QED) is 0.756. The number of phenolic OH excluding ortho intramolecular Hbond substituents is 3. The molecule has 3 N–H and O–H groups in total. The van der Waals surface area contributed by atoms with Crippen LogP contribution in [-0.4, -0.2) is 38.5 Å². The average molecular weight is 312 g/mol. The summed E-state index contributed by atoms with van der Waals surface area (Å²) < 4.78 is 0. The van der Waals surface area contributed by atoms with Gasteiger partial charge in [-0.2, -0.15) is 5.10 Å². The fourth-order valence-electron chi connectivity index (χ4n) is 2.46. The third-order valence-electron chi connectivity index (χ3n) is 3.70. The van der Waals surface area contributed by atoms with Gasteiger partial charge in [-0.15, -0.1) is 0 Å². The molecular formula is C17H16N2O4. The van der Waals surface area contributed by atoms with Crippen LogP contribution in [0.2, 0.25) is 0 Å². The lowest BCUT2D eigenvalue weighted by Crippen LogP contribution is -2.25. The normalized spacial score (nSPS) is 13.9. The summed E-state index contributed by atoms with van der Waals surface area (Å²) in [7, 11) is 0. The van der Waals surface area contributed by atoms with Gasteiger partial charge in [0.05, 0.1) is 18.7 Å². The van der Waals surface area contributed by atoms with Gasteiger partial charge in [0.25, 0.3) is 0 Å². The number of rotatable bonds is 3. The second kappa shape index (κ2) is 6.00. The van der Waals surface area contributed by atoms with Gasteiger partial charge in [-0.05, 0) is 48.0 Å². The van der Waals surface area contributed by atoms with Crippen LogP contribution < -0.4 is 0 Å². The largest absolute Gasteiger partial charge is 0.508 e. The third kappa shape index (κ3) is 3.26. The van der Waals surface area contributed by atoms with Gasteiger partial charge in [-0.25, -0.2) is 5.01 Å². The topological polar surface area (TPSA) is 93.4 Å².